The monoisotopic (exact) mass is 218 g/mol. The van der Waals surface area contributed by atoms with Gasteiger partial charge in [-0.3, -0.25) is 0 Å². The molecule has 3 heteroatoms. The van der Waals surface area contributed by atoms with Gasteiger partial charge < -0.3 is 14.2 Å². The van der Waals surface area contributed by atoms with Crippen LogP contribution in [0.3, 0.4) is 0 Å². The highest BCUT2D eigenvalue weighted by atomic mass is 16.6. The van der Waals surface area contributed by atoms with Crippen LogP contribution >= 0.6 is 0 Å². The third kappa shape index (κ3) is 10.2. The van der Waals surface area contributed by atoms with E-state index in [9.17, 15) is 0 Å². The Morgan fingerprint density at radius 3 is 1.33 bits per heavy atom. The zero-order valence-corrected chi connectivity index (χ0v) is 11.2. The molecule has 92 valence electrons. The second-order valence-electron chi connectivity index (χ2n) is 5.70. The molecule has 0 aromatic carbocycles. The molecular weight excluding hydrogens is 192 g/mol. The summed E-state index contributed by atoms with van der Waals surface area (Å²) in [7, 11) is 1.68. The number of hydrogen-bond acceptors (Lipinski definition) is 3. The van der Waals surface area contributed by atoms with Gasteiger partial charge in [-0.1, -0.05) is 0 Å². The quantitative estimate of drug-likeness (QED) is 0.710. The summed E-state index contributed by atoms with van der Waals surface area (Å²) in [4.78, 5) is 0. The second kappa shape index (κ2) is 5.83. The molecule has 3 nitrogen and oxygen atoms in total. The molecule has 0 rings (SSSR count). The van der Waals surface area contributed by atoms with Gasteiger partial charge in [0.2, 0.25) is 0 Å². The van der Waals surface area contributed by atoms with Gasteiger partial charge in [0.15, 0.2) is 0 Å². The van der Waals surface area contributed by atoms with Crippen molar-refractivity contribution in [3.63, 3.8) is 0 Å². The predicted octanol–water partition coefficient (Wildman–Crippen LogP) is 2.63. The molecule has 0 aliphatic carbocycles. The highest BCUT2D eigenvalue weighted by molar-refractivity contribution is 4.65. The second-order valence-corrected chi connectivity index (χ2v) is 5.70. The summed E-state index contributed by atoms with van der Waals surface area (Å²) in [5.74, 6) is 0. The standard InChI is InChI=1S/C12H26O3/c1-11(2,3)14-8-10(13-7)9-15-12(4,5)6/h10H,8-9H2,1-7H3. The van der Waals surface area contributed by atoms with Crippen molar-refractivity contribution in [2.45, 2.75) is 58.8 Å². The van der Waals surface area contributed by atoms with Crippen LogP contribution in [-0.2, 0) is 14.2 Å². The number of methoxy groups -OCH3 is 1. The van der Waals surface area contributed by atoms with Gasteiger partial charge in [0.1, 0.15) is 6.10 Å². The summed E-state index contributed by atoms with van der Waals surface area (Å²) in [5.41, 5.74) is -0.253. The van der Waals surface area contributed by atoms with E-state index in [0.717, 1.165) is 0 Å². The minimum atomic E-state index is -0.126. The summed E-state index contributed by atoms with van der Waals surface area (Å²) in [6.45, 7) is 13.3. The molecule has 0 heterocycles. The van der Waals surface area contributed by atoms with Crippen LogP contribution in [0.4, 0.5) is 0 Å². The smallest absolute Gasteiger partial charge is 0.104 e. The lowest BCUT2D eigenvalue weighted by Crippen LogP contribution is -2.33. The first kappa shape index (κ1) is 14.9. The summed E-state index contributed by atoms with van der Waals surface area (Å²) in [6, 6.07) is 0. The Hall–Kier alpha value is -0.120. The number of ether oxygens (including phenoxy) is 3. The van der Waals surface area contributed by atoms with E-state index >= 15 is 0 Å². The Kier molecular flexibility index (Phi) is 5.78. The maximum atomic E-state index is 5.64. The summed E-state index contributed by atoms with van der Waals surface area (Å²) in [5, 5.41) is 0. The molecule has 0 aromatic rings. The fraction of sp³-hybridized carbons (Fsp3) is 1.00. The van der Waals surface area contributed by atoms with Crippen molar-refractivity contribution in [1.82, 2.24) is 0 Å². The third-order valence-electron chi connectivity index (χ3n) is 1.74. The molecule has 0 aromatic heterocycles. The topological polar surface area (TPSA) is 27.7 Å². The van der Waals surface area contributed by atoms with Crippen LogP contribution in [0.25, 0.3) is 0 Å². The van der Waals surface area contributed by atoms with Crippen molar-refractivity contribution < 1.29 is 14.2 Å². The molecule has 15 heavy (non-hydrogen) atoms. The molecule has 0 saturated carbocycles. The van der Waals surface area contributed by atoms with Crippen LogP contribution in [0.1, 0.15) is 41.5 Å². The van der Waals surface area contributed by atoms with Crippen molar-refractivity contribution in [3.05, 3.63) is 0 Å². The van der Waals surface area contributed by atoms with E-state index in [-0.39, 0.29) is 17.3 Å². The maximum absolute atomic E-state index is 5.64. The van der Waals surface area contributed by atoms with E-state index in [1.54, 1.807) is 7.11 Å². The van der Waals surface area contributed by atoms with E-state index in [1.165, 1.54) is 0 Å². The van der Waals surface area contributed by atoms with Crippen molar-refractivity contribution in [1.29, 1.82) is 0 Å². The van der Waals surface area contributed by atoms with Gasteiger partial charge in [0.05, 0.1) is 24.4 Å². The van der Waals surface area contributed by atoms with E-state index in [0.29, 0.717) is 13.2 Å². The molecule has 0 fully saturated rings. The van der Waals surface area contributed by atoms with Crippen LogP contribution < -0.4 is 0 Å². The third-order valence-corrected chi connectivity index (χ3v) is 1.74. The Bertz CT molecular complexity index is 147. The molecule has 0 bridgehead atoms. The first-order valence-electron chi connectivity index (χ1n) is 5.45. The van der Waals surface area contributed by atoms with Gasteiger partial charge >= 0.3 is 0 Å². The number of rotatable bonds is 5. The fourth-order valence-corrected chi connectivity index (χ4v) is 0.870. The molecule has 0 aliphatic rings. The van der Waals surface area contributed by atoms with Crippen LogP contribution in [0.5, 0.6) is 0 Å². The minimum absolute atomic E-state index is 0.00319. The van der Waals surface area contributed by atoms with Crippen LogP contribution in [0.15, 0.2) is 0 Å². The Morgan fingerprint density at radius 2 is 1.13 bits per heavy atom. The molecule has 0 N–H and O–H groups in total. The lowest BCUT2D eigenvalue weighted by molar-refractivity contribution is -0.108. The van der Waals surface area contributed by atoms with Gasteiger partial charge in [0.25, 0.3) is 0 Å². The van der Waals surface area contributed by atoms with Crippen molar-refractivity contribution in [2.24, 2.45) is 0 Å². The van der Waals surface area contributed by atoms with Crippen LogP contribution in [-0.4, -0.2) is 37.6 Å². The van der Waals surface area contributed by atoms with E-state index in [1.807, 2.05) is 41.5 Å². The first-order chi connectivity index (χ1) is 6.64. The SMILES string of the molecule is COC(COC(C)(C)C)COC(C)(C)C. The van der Waals surface area contributed by atoms with Gasteiger partial charge in [-0.05, 0) is 41.5 Å². The molecule has 0 spiro atoms. The molecule has 0 radical (unpaired) electrons. The lowest BCUT2D eigenvalue weighted by Gasteiger charge is -2.26. The molecule has 0 unspecified atom stereocenters. The first-order valence-corrected chi connectivity index (χ1v) is 5.45. The predicted molar refractivity (Wildman–Crippen MR) is 62.2 cm³/mol. The fourth-order valence-electron chi connectivity index (χ4n) is 0.870. The van der Waals surface area contributed by atoms with Crippen LogP contribution in [0.2, 0.25) is 0 Å². The highest BCUT2D eigenvalue weighted by Gasteiger charge is 2.18. The average Bonchev–Trinajstić information content (AvgIpc) is 2.00. The van der Waals surface area contributed by atoms with Gasteiger partial charge in [-0.25, -0.2) is 0 Å². The van der Waals surface area contributed by atoms with Crippen LogP contribution in [0, 0.1) is 0 Å². The zero-order valence-electron chi connectivity index (χ0n) is 11.2. The highest BCUT2D eigenvalue weighted by Crippen LogP contribution is 2.11. The molecule has 0 aliphatic heterocycles. The number of hydrogen-bond donors (Lipinski definition) is 0. The summed E-state index contributed by atoms with van der Waals surface area (Å²) in [6.07, 6.45) is 0.00319. The molecule has 0 saturated heterocycles. The Labute approximate surface area is 94.1 Å². The maximum Gasteiger partial charge on any atom is 0.104 e. The summed E-state index contributed by atoms with van der Waals surface area (Å²) < 4.78 is 16.6. The van der Waals surface area contributed by atoms with E-state index < -0.39 is 0 Å². The van der Waals surface area contributed by atoms with Gasteiger partial charge in [-0.2, -0.15) is 0 Å². The zero-order chi connectivity index (χ0) is 12.1. The molecule has 0 atom stereocenters. The minimum Gasteiger partial charge on any atom is -0.377 e. The van der Waals surface area contributed by atoms with Crippen molar-refractivity contribution in [2.75, 3.05) is 20.3 Å². The Balaban J connectivity index is 3.84. The molecular formula is C12H26O3. The van der Waals surface area contributed by atoms with E-state index in [4.69, 9.17) is 14.2 Å². The Morgan fingerprint density at radius 1 is 0.800 bits per heavy atom. The lowest BCUT2D eigenvalue weighted by atomic mass is 10.2. The normalized spacial score (nSPS) is 13.6. The van der Waals surface area contributed by atoms with E-state index in [2.05, 4.69) is 0 Å². The van der Waals surface area contributed by atoms with Crippen molar-refractivity contribution in [3.8, 4) is 0 Å². The van der Waals surface area contributed by atoms with Gasteiger partial charge in [0, 0.05) is 7.11 Å². The molecule has 0 amide bonds. The average molecular weight is 218 g/mol. The van der Waals surface area contributed by atoms with Crippen molar-refractivity contribution >= 4 is 0 Å². The van der Waals surface area contributed by atoms with Gasteiger partial charge in [-0.15, -0.1) is 0 Å². The largest absolute Gasteiger partial charge is 0.377 e. The summed E-state index contributed by atoms with van der Waals surface area (Å²) >= 11 is 0.